The zero-order valence-corrected chi connectivity index (χ0v) is 12.0. The summed E-state index contributed by atoms with van der Waals surface area (Å²) in [6, 6.07) is 5.02. The molecule has 0 aliphatic carbocycles. The molecule has 0 aromatic heterocycles. The monoisotopic (exact) mass is 281 g/mol. The second kappa shape index (κ2) is 6.30. The second-order valence-corrected chi connectivity index (χ2v) is 5.27. The first-order valence-electron chi connectivity index (χ1n) is 6.69. The van der Waals surface area contributed by atoms with Crippen LogP contribution in [0.2, 0.25) is 0 Å². The van der Waals surface area contributed by atoms with E-state index in [9.17, 15) is 4.39 Å². The van der Waals surface area contributed by atoms with Crippen molar-refractivity contribution < 1.29 is 4.39 Å². The van der Waals surface area contributed by atoms with E-state index < -0.39 is 0 Å². The van der Waals surface area contributed by atoms with E-state index >= 15 is 0 Å². The fourth-order valence-corrected chi connectivity index (χ4v) is 2.75. The number of rotatable bonds is 4. The van der Waals surface area contributed by atoms with Crippen LogP contribution in [0.1, 0.15) is 18.9 Å². The normalized spacial score (nSPS) is 16.6. The molecule has 2 N–H and O–H groups in total. The summed E-state index contributed by atoms with van der Waals surface area (Å²) in [7, 11) is 0. The minimum absolute atomic E-state index is 0.129. The maximum Gasteiger partial charge on any atom is 0.135 e. The SMILES string of the molecule is CCCN1CCN(c2cccc(F)c2C(N)=S)CC1. The largest absolute Gasteiger partial charge is 0.389 e. The third kappa shape index (κ3) is 3.22. The molecule has 0 radical (unpaired) electrons. The van der Waals surface area contributed by atoms with Crippen LogP contribution in [0.5, 0.6) is 0 Å². The van der Waals surface area contributed by atoms with Crippen molar-refractivity contribution >= 4 is 22.9 Å². The van der Waals surface area contributed by atoms with Crippen LogP contribution in [0, 0.1) is 5.82 Å². The first-order chi connectivity index (χ1) is 9.13. The molecular weight excluding hydrogens is 261 g/mol. The number of thiocarbonyl (C=S) groups is 1. The summed E-state index contributed by atoms with van der Waals surface area (Å²) in [6.07, 6.45) is 1.16. The molecule has 0 unspecified atom stereocenters. The summed E-state index contributed by atoms with van der Waals surface area (Å²) >= 11 is 4.97. The highest BCUT2D eigenvalue weighted by Gasteiger charge is 2.21. The van der Waals surface area contributed by atoms with Crippen molar-refractivity contribution in [2.75, 3.05) is 37.6 Å². The van der Waals surface area contributed by atoms with Crippen molar-refractivity contribution in [1.29, 1.82) is 0 Å². The maximum atomic E-state index is 13.8. The Hall–Kier alpha value is -1.20. The molecule has 1 aromatic rings. The minimum atomic E-state index is -0.332. The van der Waals surface area contributed by atoms with E-state index in [1.807, 2.05) is 6.07 Å². The molecule has 1 fully saturated rings. The summed E-state index contributed by atoms with van der Waals surface area (Å²) in [5.41, 5.74) is 6.85. The van der Waals surface area contributed by atoms with Gasteiger partial charge in [-0.3, -0.25) is 4.90 Å². The molecule has 3 nitrogen and oxygen atoms in total. The van der Waals surface area contributed by atoms with Crippen LogP contribution in [0.4, 0.5) is 10.1 Å². The highest BCUT2D eigenvalue weighted by atomic mass is 32.1. The van der Waals surface area contributed by atoms with Gasteiger partial charge in [0.1, 0.15) is 10.8 Å². The second-order valence-electron chi connectivity index (χ2n) is 4.83. The molecular formula is C14H20FN3S. The predicted molar refractivity (Wildman–Crippen MR) is 81.2 cm³/mol. The van der Waals surface area contributed by atoms with Gasteiger partial charge in [-0.2, -0.15) is 0 Å². The molecule has 1 aliphatic heterocycles. The van der Waals surface area contributed by atoms with E-state index in [-0.39, 0.29) is 10.8 Å². The van der Waals surface area contributed by atoms with Crippen molar-refractivity contribution in [3.8, 4) is 0 Å². The molecule has 1 aromatic carbocycles. The number of hydrogen-bond acceptors (Lipinski definition) is 3. The maximum absolute atomic E-state index is 13.8. The van der Waals surface area contributed by atoms with Gasteiger partial charge < -0.3 is 10.6 Å². The quantitative estimate of drug-likeness (QED) is 0.856. The van der Waals surface area contributed by atoms with Gasteiger partial charge >= 0.3 is 0 Å². The van der Waals surface area contributed by atoms with Crippen LogP contribution >= 0.6 is 12.2 Å². The third-order valence-corrected chi connectivity index (χ3v) is 3.69. The van der Waals surface area contributed by atoms with Crippen molar-refractivity contribution in [2.24, 2.45) is 5.73 Å². The Bertz CT molecular complexity index is 456. The van der Waals surface area contributed by atoms with E-state index in [1.165, 1.54) is 6.07 Å². The van der Waals surface area contributed by atoms with Gasteiger partial charge in [0, 0.05) is 31.9 Å². The molecule has 1 saturated heterocycles. The van der Waals surface area contributed by atoms with E-state index in [4.69, 9.17) is 18.0 Å². The molecule has 0 atom stereocenters. The van der Waals surface area contributed by atoms with Crippen LogP contribution in [-0.4, -0.2) is 42.6 Å². The van der Waals surface area contributed by atoms with Crippen molar-refractivity contribution in [3.63, 3.8) is 0 Å². The lowest BCUT2D eigenvalue weighted by Crippen LogP contribution is -2.47. The van der Waals surface area contributed by atoms with Crippen LogP contribution in [0.3, 0.4) is 0 Å². The average molecular weight is 281 g/mol. The van der Waals surface area contributed by atoms with Crippen LogP contribution in [0.15, 0.2) is 18.2 Å². The summed E-state index contributed by atoms with van der Waals surface area (Å²) in [4.78, 5) is 4.73. The van der Waals surface area contributed by atoms with E-state index in [0.717, 1.165) is 44.8 Å². The van der Waals surface area contributed by atoms with Crippen molar-refractivity contribution in [2.45, 2.75) is 13.3 Å². The zero-order chi connectivity index (χ0) is 13.8. The van der Waals surface area contributed by atoms with Gasteiger partial charge in [0.15, 0.2) is 0 Å². The van der Waals surface area contributed by atoms with Crippen LogP contribution in [0.25, 0.3) is 0 Å². The van der Waals surface area contributed by atoms with Gasteiger partial charge in [0.05, 0.1) is 5.56 Å². The fraction of sp³-hybridized carbons (Fsp3) is 0.500. The predicted octanol–water partition coefficient (Wildman–Crippen LogP) is 1.99. The zero-order valence-electron chi connectivity index (χ0n) is 11.2. The number of halogens is 1. The smallest absolute Gasteiger partial charge is 0.135 e. The van der Waals surface area contributed by atoms with Crippen LogP contribution in [-0.2, 0) is 0 Å². The van der Waals surface area contributed by atoms with Crippen molar-refractivity contribution in [1.82, 2.24) is 4.90 Å². The average Bonchev–Trinajstić information content (AvgIpc) is 2.39. The van der Waals surface area contributed by atoms with Crippen molar-refractivity contribution in [3.05, 3.63) is 29.6 Å². The van der Waals surface area contributed by atoms with E-state index in [2.05, 4.69) is 16.7 Å². The molecule has 19 heavy (non-hydrogen) atoms. The number of nitrogens with zero attached hydrogens (tertiary/aromatic N) is 2. The summed E-state index contributed by atoms with van der Waals surface area (Å²) in [5, 5.41) is 0. The molecule has 5 heteroatoms. The fourth-order valence-electron chi connectivity index (χ4n) is 2.55. The Morgan fingerprint density at radius 1 is 1.32 bits per heavy atom. The highest BCUT2D eigenvalue weighted by molar-refractivity contribution is 7.80. The lowest BCUT2D eigenvalue weighted by atomic mass is 10.1. The lowest BCUT2D eigenvalue weighted by molar-refractivity contribution is 0.258. The summed E-state index contributed by atoms with van der Waals surface area (Å²) in [6.45, 7) is 7.09. The van der Waals surface area contributed by atoms with Gasteiger partial charge in [-0.25, -0.2) is 4.39 Å². The Kier molecular flexibility index (Phi) is 4.71. The lowest BCUT2D eigenvalue weighted by Gasteiger charge is -2.36. The Morgan fingerprint density at radius 2 is 2.00 bits per heavy atom. The molecule has 0 spiro atoms. The van der Waals surface area contributed by atoms with Gasteiger partial charge in [0.25, 0.3) is 0 Å². The first kappa shape index (κ1) is 14.2. The van der Waals surface area contributed by atoms with Gasteiger partial charge in [-0.15, -0.1) is 0 Å². The van der Waals surface area contributed by atoms with E-state index in [0.29, 0.717) is 5.56 Å². The standard InChI is InChI=1S/C14H20FN3S/c1-2-6-17-7-9-18(10-8-17)12-5-3-4-11(15)13(12)14(16)19/h3-5H,2,6-10H2,1H3,(H2,16,19). The van der Waals surface area contributed by atoms with Gasteiger partial charge in [0.2, 0.25) is 0 Å². The van der Waals surface area contributed by atoms with Crippen LogP contribution < -0.4 is 10.6 Å². The third-order valence-electron chi connectivity index (χ3n) is 3.49. The molecule has 104 valence electrons. The van der Waals surface area contributed by atoms with E-state index in [1.54, 1.807) is 6.07 Å². The molecule has 1 aliphatic rings. The molecule has 1 heterocycles. The number of hydrogen-bond donors (Lipinski definition) is 1. The Morgan fingerprint density at radius 3 is 2.58 bits per heavy atom. The number of benzene rings is 1. The molecule has 0 bridgehead atoms. The summed E-state index contributed by atoms with van der Waals surface area (Å²) < 4.78 is 13.8. The minimum Gasteiger partial charge on any atom is -0.389 e. The molecule has 2 rings (SSSR count). The Balaban J connectivity index is 2.15. The molecule has 0 amide bonds. The number of nitrogens with two attached hydrogens (primary N) is 1. The highest BCUT2D eigenvalue weighted by Crippen LogP contribution is 2.24. The summed E-state index contributed by atoms with van der Waals surface area (Å²) in [5.74, 6) is -0.332. The topological polar surface area (TPSA) is 32.5 Å². The first-order valence-corrected chi connectivity index (χ1v) is 7.10. The Labute approximate surface area is 119 Å². The van der Waals surface area contributed by atoms with Gasteiger partial charge in [-0.05, 0) is 25.1 Å². The van der Waals surface area contributed by atoms with Gasteiger partial charge in [-0.1, -0.05) is 25.2 Å². The molecule has 0 saturated carbocycles. The number of anilines is 1. The number of piperazine rings is 1.